The average Bonchev–Trinajstić information content (AvgIpc) is 3.10. The number of rotatable bonds is 6. The Morgan fingerprint density at radius 3 is 2.68 bits per heavy atom. The lowest BCUT2D eigenvalue weighted by Gasteiger charge is -2.37. The maximum Gasteiger partial charge on any atom is 0.270 e. The van der Waals surface area contributed by atoms with Crippen molar-refractivity contribution in [3.05, 3.63) is 52.0 Å². The van der Waals surface area contributed by atoms with E-state index in [1.165, 1.54) is 16.9 Å². The topological polar surface area (TPSA) is 77.2 Å². The van der Waals surface area contributed by atoms with Crippen LogP contribution in [-0.4, -0.2) is 37.2 Å². The second-order valence-electron chi connectivity index (χ2n) is 6.11. The fourth-order valence-electron chi connectivity index (χ4n) is 3.11. The number of ether oxygens (including phenoxy) is 1. The third kappa shape index (κ3) is 4.79. The molecule has 1 fully saturated rings. The van der Waals surface area contributed by atoms with E-state index >= 15 is 0 Å². The minimum Gasteiger partial charge on any atom is -0.381 e. The standard InChI is InChI=1S/C18H23N3O2S.ClH/c19-9-6-16-21-15(12-24-16)17(22)20-13-18(7-10-23-11-8-18)14-4-2-1-3-5-14;/h1-5,12H,6-11,13,19H2,(H,20,22);1H. The predicted molar refractivity (Wildman–Crippen MR) is 103 cm³/mol. The molecule has 1 aliphatic rings. The van der Waals surface area contributed by atoms with Crippen LogP contribution in [-0.2, 0) is 16.6 Å². The van der Waals surface area contributed by atoms with E-state index in [0.29, 0.717) is 25.2 Å². The smallest absolute Gasteiger partial charge is 0.270 e. The first-order valence-electron chi connectivity index (χ1n) is 8.29. The summed E-state index contributed by atoms with van der Waals surface area (Å²) < 4.78 is 5.53. The Morgan fingerprint density at radius 2 is 2.00 bits per heavy atom. The monoisotopic (exact) mass is 381 g/mol. The van der Waals surface area contributed by atoms with Crippen molar-refractivity contribution in [3.63, 3.8) is 0 Å². The first kappa shape index (κ1) is 19.8. The summed E-state index contributed by atoms with van der Waals surface area (Å²) in [4.78, 5) is 16.8. The highest BCUT2D eigenvalue weighted by molar-refractivity contribution is 7.09. The summed E-state index contributed by atoms with van der Waals surface area (Å²) >= 11 is 1.49. The number of nitrogens with two attached hydrogens (primary N) is 1. The molecular formula is C18H24ClN3O2S. The number of carbonyl (C=O) groups excluding carboxylic acids is 1. The van der Waals surface area contributed by atoms with Crippen molar-refractivity contribution in [1.29, 1.82) is 0 Å². The van der Waals surface area contributed by atoms with E-state index in [9.17, 15) is 4.79 Å². The van der Waals surface area contributed by atoms with Crippen LogP contribution in [0.2, 0.25) is 0 Å². The zero-order valence-corrected chi connectivity index (χ0v) is 15.7. The summed E-state index contributed by atoms with van der Waals surface area (Å²) in [6.45, 7) is 2.60. The van der Waals surface area contributed by atoms with Crippen LogP contribution >= 0.6 is 23.7 Å². The van der Waals surface area contributed by atoms with Gasteiger partial charge in [-0.2, -0.15) is 0 Å². The first-order chi connectivity index (χ1) is 11.7. The zero-order valence-electron chi connectivity index (χ0n) is 14.1. The van der Waals surface area contributed by atoms with Crippen molar-refractivity contribution < 1.29 is 9.53 Å². The fourth-order valence-corrected chi connectivity index (χ4v) is 3.91. The van der Waals surface area contributed by atoms with Gasteiger partial charge in [0.1, 0.15) is 5.69 Å². The van der Waals surface area contributed by atoms with E-state index < -0.39 is 0 Å². The van der Waals surface area contributed by atoms with Crippen LogP contribution in [0.25, 0.3) is 0 Å². The molecule has 2 aromatic rings. The van der Waals surface area contributed by atoms with Crippen LogP contribution in [0.3, 0.4) is 0 Å². The zero-order chi connectivity index (χ0) is 16.8. The lowest BCUT2D eigenvalue weighted by atomic mass is 9.74. The van der Waals surface area contributed by atoms with Gasteiger partial charge in [0.25, 0.3) is 5.91 Å². The third-order valence-electron chi connectivity index (χ3n) is 4.57. The molecule has 1 aliphatic heterocycles. The van der Waals surface area contributed by atoms with Gasteiger partial charge in [-0.25, -0.2) is 4.98 Å². The highest BCUT2D eigenvalue weighted by Crippen LogP contribution is 2.34. The predicted octanol–water partition coefficient (Wildman–Crippen LogP) is 2.54. The number of benzene rings is 1. The molecule has 0 aliphatic carbocycles. The van der Waals surface area contributed by atoms with Crippen LogP contribution in [0.15, 0.2) is 35.7 Å². The highest BCUT2D eigenvalue weighted by Gasteiger charge is 2.34. The van der Waals surface area contributed by atoms with Crippen molar-refractivity contribution in [2.24, 2.45) is 5.73 Å². The van der Waals surface area contributed by atoms with Crippen LogP contribution in [0.5, 0.6) is 0 Å². The fraction of sp³-hybridized carbons (Fsp3) is 0.444. The Morgan fingerprint density at radius 1 is 1.28 bits per heavy atom. The molecule has 3 rings (SSSR count). The normalized spacial score (nSPS) is 16.0. The quantitative estimate of drug-likeness (QED) is 0.806. The van der Waals surface area contributed by atoms with Gasteiger partial charge >= 0.3 is 0 Å². The van der Waals surface area contributed by atoms with E-state index in [2.05, 4.69) is 22.4 Å². The molecule has 0 saturated carbocycles. The third-order valence-corrected chi connectivity index (χ3v) is 5.47. The van der Waals surface area contributed by atoms with E-state index in [0.717, 1.165) is 31.1 Å². The average molecular weight is 382 g/mol. The number of nitrogens with one attached hydrogen (secondary N) is 1. The number of aromatic nitrogens is 1. The molecule has 0 spiro atoms. The van der Waals surface area contributed by atoms with Gasteiger partial charge in [-0.05, 0) is 24.9 Å². The Bertz CT molecular complexity index is 672. The Labute approximate surface area is 158 Å². The molecule has 136 valence electrons. The second-order valence-corrected chi connectivity index (χ2v) is 7.05. The summed E-state index contributed by atoms with van der Waals surface area (Å²) in [7, 11) is 0. The van der Waals surface area contributed by atoms with Crippen LogP contribution in [0.4, 0.5) is 0 Å². The number of halogens is 1. The van der Waals surface area contributed by atoms with Gasteiger partial charge in [-0.1, -0.05) is 30.3 Å². The van der Waals surface area contributed by atoms with Crippen molar-refractivity contribution in [3.8, 4) is 0 Å². The summed E-state index contributed by atoms with van der Waals surface area (Å²) in [6.07, 6.45) is 2.53. The summed E-state index contributed by atoms with van der Waals surface area (Å²) in [6, 6.07) is 10.4. The van der Waals surface area contributed by atoms with Crippen molar-refractivity contribution in [1.82, 2.24) is 10.3 Å². The molecule has 1 aromatic heterocycles. The molecule has 25 heavy (non-hydrogen) atoms. The Balaban J connectivity index is 0.00000225. The molecule has 0 unspecified atom stereocenters. The van der Waals surface area contributed by atoms with Crippen LogP contribution in [0.1, 0.15) is 33.9 Å². The van der Waals surface area contributed by atoms with Gasteiger partial charge < -0.3 is 15.8 Å². The lowest BCUT2D eigenvalue weighted by molar-refractivity contribution is 0.0487. The van der Waals surface area contributed by atoms with E-state index in [4.69, 9.17) is 10.5 Å². The Kier molecular flexibility index (Phi) is 7.38. The molecular weight excluding hydrogens is 358 g/mol. The largest absolute Gasteiger partial charge is 0.381 e. The Hall–Kier alpha value is -1.47. The number of hydrogen-bond acceptors (Lipinski definition) is 5. The molecule has 2 heterocycles. The number of carbonyl (C=O) groups is 1. The van der Waals surface area contributed by atoms with E-state index in [1.807, 2.05) is 18.2 Å². The number of amides is 1. The second kappa shape index (κ2) is 9.29. The molecule has 3 N–H and O–H groups in total. The molecule has 1 aromatic carbocycles. The molecule has 0 radical (unpaired) electrons. The van der Waals surface area contributed by atoms with E-state index in [1.54, 1.807) is 5.38 Å². The summed E-state index contributed by atoms with van der Waals surface area (Å²) in [5.41, 5.74) is 7.22. The minimum atomic E-state index is -0.115. The minimum absolute atomic E-state index is 0. The van der Waals surface area contributed by atoms with Gasteiger partial charge in [-0.3, -0.25) is 4.79 Å². The SMILES string of the molecule is Cl.NCCc1nc(C(=O)NCC2(c3ccccc3)CCOCC2)cs1. The molecule has 0 atom stereocenters. The van der Waals surface area contributed by atoms with Gasteiger partial charge in [0, 0.05) is 37.0 Å². The van der Waals surface area contributed by atoms with Crippen molar-refractivity contribution in [2.45, 2.75) is 24.7 Å². The van der Waals surface area contributed by atoms with Crippen LogP contribution in [0, 0.1) is 0 Å². The first-order valence-corrected chi connectivity index (χ1v) is 9.17. The maximum atomic E-state index is 12.4. The molecule has 0 bridgehead atoms. The lowest BCUT2D eigenvalue weighted by Crippen LogP contribution is -2.44. The maximum absolute atomic E-state index is 12.4. The highest BCUT2D eigenvalue weighted by atomic mass is 35.5. The molecule has 1 saturated heterocycles. The molecule has 5 nitrogen and oxygen atoms in total. The molecule has 1 amide bonds. The van der Waals surface area contributed by atoms with Gasteiger partial charge in [-0.15, -0.1) is 23.7 Å². The van der Waals surface area contributed by atoms with Gasteiger partial charge in [0.05, 0.1) is 5.01 Å². The van der Waals surface area contributed by atoms with Crippen LogP contribution < -0.4 is 11.1 Å². The van der Waals surface area contributed by atoms with Gasteiger partial charge in [0.2, 0.25) is 0 Å². The van der Waals surface area contributed by atoms with E-state index in [-0.39, 0.29) is 23.7 Å². The summed E-state index contributed by atoms with van der Waals surface area (Å²) in [5, 5.41) is 5.80. The van der Waals surface area contributed by atoms with Gasteiger partial charge in [0.15, 0.2) is 0 Å². The number of hydrogen-bond donors (Lipinski definition) is 2. The summed E-state index contributed by atoms with van der Waals surface area (Å²) in [5.74, 6) is -0.115. The number of thiazole rings is 1. The van der Waals surface area contributed by atoms with Crippen molar-refractivity contribution in [2.75, 3.05) is 26.3 Å². The number of nitrogens with zero attached hydrogens (tertiary/aromatic N) is 1. The van der Waals surface area contributed by atoms with Crippen molar-refractivity contribution >= 4 is 29.7 Å². The molecule has 7 heteroatoms.